The van der Waals surface area contributed by atoms with Gasteiger partial charge in [0, 0.05) is 15.1 Å². The average molecular weight is 552 g/mol. The van der Waals surface area contributed by atoms with Crippen molar-refractivity contribution in [1.29, 1.82) is 0 Å². The number of likely N-dealkylation sites (N-methyl/N-ethyl adjacent to an activating group) is 1. The van der Waals surface area contributed by atoms with E-state index in [4.69, 9.17) is 14.6 Å². The Kier molecular flexibility index (Phi) is 9.53. The number of methoxy groups -OCH3 is 1. The van der Waals surface area contributed by atoms with Gasteiger partial charge >= 0.3 is 0 Å². The van der Waals surface area contributed by atoms with E-state index in [1.165, 1.54) is 84.3 Å². The summed E-state index contributed by atoms with van der Waals surface area (Å²) in [6.07, 6.45) is 17.0. The van der Waals surface area contributed by atoms with Crippen LogP contribution in [0.2, 0.25) is 0 Å². The zero-order chi connectivity index (χ0) is 28.6. The minimum absolute atomic E-state index is 0. The summed E-state index contributed by atoms with van der Waals surface area (Å²) in [6, 6.07) is 0. The first-order valence-corrected chi connectivity index (χ1v) is 16.0. The zero-order valence-electron chi connectivity index (χ0n) is 26.1. The molecule has 39 heavy (non-hydrogen) atoms. The molecule has 0 radical (unpaired) electrons. The first-order chi connectivity index (χ1) is 18.6. The maximum atomic E-state index is 10.8. The number of unbranched alkanes of at least 4 members (excludes halogenated alkanes) is 1. The molecule has 0 amide bonds. The first-order valence-electron chi connectivity index (χ1n) is 16.0. The van der Waals surface area contributed by atoms with Crippen LogP contribution in [0.1, 0.15) is 106 Å². The van der Waals surface area contributed by atoms with Crippen molar-refractivity contribution in [3.63, 3.8) is 0 Å². The van der Waals surface area contributed by atoms with Gasteiger partial charge in [0.05, 0.1) is 25.4 Å². The molecule has 5 aliphatic carbocycles. The molecule has 6 aliphatic rings. The highest BCUT2D eigenvalue weighted by molar-refractivity contribution is 5.36. The number of nitrogens with zero attached hydrogens (tertiary/aromatic N) is 1. The van der Waals surface area contributed by atoms with E-state index in [9.17, 15) is 5.11 Å². The molecule has 5 saturated carbocycles. The fraction of sp³-hybridized carbons (Fsp3) is 0.970. The molecule has 6 heteroatoms. The van der Waals surface area contributed by atoms with E-state index in [-0.39, 0.29) is 12.9 Å². The number of rotatable bonds is 6. The lowest BCUT2D eigenvalue weighted by atomic mass is 9.46. The van der Waals surface area contributed by atoms with Gasteiger partial charge in [0.25, 0.3) is 6.47 Å². The standard InChI is InChI=1S/C30H51NO2.C2H4O2.CH4O.H2/c1-6-7-16-31(5)18-20-8-9-22-24(33-20)17-23-21-10-11-25-27(2,3)26(32)12-13-30(25)19-29(21,30)15-14-28(22,23)4;1-4-2-3;1-2;/h20-26,32H,6-19H2,1-5H3;2H,1H3;2H,1H3;1H/t20?,21?,22?,23?,24?,25?,26-,28?,29-,30?;;;/m0.../s1. The second-order valence-corrected chi connectivity index (χ2v) is 14.9. The van der Waals surface area contributed by atoms with Crippen molar-refractivity contribution < 1.29 is 25.9 Å². The second-order valence-electron chi connectivity index (χ2n) is 14.9. The fourth-order valence-electron chi connectivity index (χ4n) is 11.3. The lowest BCUT2D eigenvalue weighted by molar-refractivity contribution is -0.135. The Bertz CT molecular complexity index is 842. The smallest absolute Gasteiger partial charge is 0.292 e. The van der Waals surface area contributed by atoms with Crippen LogP contribution in [0.4, 0.5) is 0 Å². The van der Waals surface area contributed by atoms with Gasteiger partial charge in [-0.2, -0.15) is 0 Å². The Morgan fingerprint density at radius 1 is 1.00 bits per heavy atom. The summed E-state index contributed by atoms with van der Waals surface area (Å²) in [6.45, 7) is 12.5. The molecule has 0 bridgehead atoms. The minimum Gasteiger partial charge on any atom is -0.471 e. The van der Waals surface area contributed by atoms with Crippen LogP contribution >= 0.6 is 0 Å². The molecule has 10 atom stereocenters. The van der Waals surface area contributed by atoms with Gasteiger partial charge in [0.2, 0.25) is 0 Å². The van der Waals surface area contributed by atoms with E-state index in [2.05, 4.69) is 44.4 Å². The molecule has 6 fully saturated rings. The van der Waals surface area contributed by atoms with Crippen LogP contribution in [-0.2, 0) is 14.3 Å². The molecule has 2 N–H and O–H groups in total. The Hall–Kier alpha value is -0.690. The largest absolute Gasteiger partial charge is 0.471 e. The van der Waals surface area contributed by atoms with Crippen molar-refractivity contribution in [2.75, 3.05) is 34.4 Å². The van der Waals surface area contributed by atoms with Gasteiger partial charge in [0.15, 0.2) is 0 Å². The summed E-state index contributed by atoms with van der Waals surface area (Å²) < 4.78 is 10.8. The summed E-state index contributed by atoms with van der Waals surface area (Å²) in [5, 5.41) is 17.8. The third-order valence-electron chi connectivity index (χ3n) is 13.2. The second kappa shape index (κ2) is 11.9. The Labute approximate surface area is 240 Å². The number of carbonyl (C=O) groups excluding carboxylic acids is 1. The van der Waals surface area contributed by atoms with E-state index < -0.39 is 0 Å². The highest BCUT2D eigenvalue weighted by atomic mass is 16.5. The predicted molar refractivity (Wildman–Crippen MR) is 157 cm³/mol. The number of ether oxygens (including phenoxy) is 2. The molecule has 8 unspecified atom stereocenters. The molecule has 0 aromatic rings. The summed E-state index contributed by atoms with van der Waals surface area (Å²) in [5.41, 5.74) is 1.81. The summed E-state index contributed by atoms with van der Waals surface area (Å²) in [5.74, 6) is 3.36. The number of aliphatic hydroxyl groups is 2. The SMILES string of the molecule is CCCCN(C)CC1CCC2C(CC3C4CCC5C(C)(C)[C@@H](O)CCC56C[C@@]46CCC23C)O1.CO.COC=O.[HH]. The monoisotopic (exact) mass is 551 g/mol. The average Bonchev–Trinajstić information content (AvgIpc) is 3.51. The molecule has 228 valence electrons. The maximum Gasteiger partial charge on any atom is 0.292 e. The highest BCUT2D eigenvalue weighted by Gasteiger charge is 2.80. The predicted octanol–water partition coefficient (Wildman–Crippen LogP) is 5.93. The lowest BCUT2D eigenvalue weighted by Gasteiger charge is -2.59. The third kappa shape index (κ3) is 5.02. The quantitative estimate of drug-likeness (QED) is 0.399. The van der Waals surface area contributed by atoms with E-state index in [0.29, 0.717) is 34.9 Å². The van der Waals surface area contributed by atoms with Crippen LogP contribution in [0, 0.1) is 45.3 Å². The van der Waals surface area contributed by atoms with E-state index >= 15 is 0 Å². The van der Waals surface area contributed by atoms with E-state index in [0.717, 1.165) is 43.7 Å². The number of hydrogen-bond donors (Lipinski definition) is 2. The van der Waals surface area contributed by atoms with Crippen molar-refractivity contribution in [2.45, 2.75) is 123 Å². The molecular weight excluding hydrogens is 490 g/mol. The minimum atomic E-state index is -0.0914. The molecule has 1 saturated heterocycles. The highest BCUT2D eigenvalue weighted by Crippen LogP contribution is 2.87. The Morgan fingerprint density at radius 3 is 2.36 bits per heavy atom. The van der Waals surface area contributed by atoms with E-state index in [1.807, 2.05) is 0 Å². The Balaban J connectivity index is 0.000000582. The van der Waals surface area contributed by atoms with Crippen molar-refractivity contribution in [2.24, 2.45) is 45.3 Å². The van der Waals surface area contributed by atoms with Gasteiger partial charge in [-0.3, -0.25) is 4.79 Å². The van der Waals surface area contributed by atoms with Gasteiger partial charge in [-0.05, 0) is 130 Å². The van der Waals surface area contributed by atoms with Gasteiger partial charge in [0.1, 0.15) is 0 Å². The third-order valence-corrected chi connectivity index (χ3v) is 13.2. The van der Waals surface area contributed by atoms with Gasteiger partial charge < -0.3 is 24.6 Å². The zero-order valence-corrected chi connectivity index (χ0v) is 26.1. The molecule has 2 spiro atoms. The van der Waals surface area contributed by atoms with E-state index in [1.54, 1.807) is 0 Å². The normalized spacial score (nSPS) is 46.5. The first kappa shape index (κ1) is 31.3. The number of carbonyl (C=O) groups is 1. The van der Waals surface area contributed by atoms with Crippen molar-refractivity contribution in [3.8, 4) is 0 Å². The van der Waals surface area contributed by atoms with Gasteiger partial charge in [-0.1, -0.05) is 34.1 Å². The van der Waals surface area contributed by atoms with Crippen molar-refractivity contribution in [3.05, 3.63) is 0 Å². The topological polar surface area (TPSA) is 79.2 Å². The van der Waals surface area contributed by atoms with Crippen LogP contribution in [0.15, 0.2) is 0 Å². The number of fused-ring (bicyclic) bond motifs is 4. The summed E-state index contributed by atoms with van der Waals surface area (Å²) >= 11 is 0. The van der Waals surface area contributed by atoms with Crippen LogP contribution < -0.4 is 0 Å². The molecule has 0 aromatic carbocycles. The summed E-state index contributed by atoms with van der Waals surface area (Å²) in [7, 11) is 4.60. The number of aliphatic hydroxyl groups excluding tert-OH is 2. The summed E-state index contributed by atoms with van der Waals surface area (Å²) in [4.78, 5) is 11.5. The van der Waals surface area contributed by atoms with Gasteiger partial charge in [-0.25, -0.2) is 0 Å². The van der Waals surface area contributed by atoms with Crippen LogP contribution in [0.3, 0.4) is 0 Å². The van der Waals surface area contributed by atoms with Crippen LogP contribution in [0.5, 0.6) is 0 Å². The number of hydrogen-bond acceptors (Lipinski definition) is 6. The molecule has 1 heterocycles. The molecule has 6 rings (SSSR count). The molecular formula is C33H61NO5. The van der Waals surface area contributed by atoms with Gasteiger partial charge in [-0.15, -0.1) is 0 Å². The Morgan fingerprint density at radius 2 is 1.69 bits per heavy atom. The molecule has 0 aromatic heterocycles. The van der Waals surface area contributed by atoms with Crippen molar-refractivity contribution >= 4 is 6.47 Å². The molecule has 6 nitrogen and oxygen atoms in total. The fourth-order valence-corrected chi connectivity index (χ4v) is 11.3. The lowest BCUT2D eigenvalue weighted by Crippen LogP contribution is -2.54. The van der Waals surface area contributed by atoms with Crippen molar-refractivity contribution in [1.82, 2.24) is 4.90 Å². The van der Waals surface area contributed by atoms with Crippen LogP contribution in [-0.4, -0.2) is 74.3 Å². The molecule has 1 aliphatic heterocycles. The maximum absolute atomic E-state index is 10.8. The van der Waals surface area contributed by atoms with Crippen LogP contribution in [0.25, 0.3) is 0 Å².